The maximum absolute atomic E-state index is 12.1. The molecule has 0 atom stereocenters. The molecule has 0 aromatic heterocycles. The predicted octanol–water partition coefficient (Wildman–Crippen LogP) is 0.736. The predicted molar refractivity (Wildman–Crippen MR) is 113 cm³/mol. The van der Waals surface area contributed by atoms with E-state index in [0.717, 1.165) is 32.7 Å². The molecular formula is C21H26Cl2N4O+2. The van der Waals surface area contributed by atoms with E-state index < -0.39 is 0 Å². The summed E-state index contributed by atoms with van der Waals surface area (Å²) >= 11 is 12.0. The van der Waals surface area contributed by atoms with Crippen molar-refractivity contribution >= 4 is 35.3 Å². The Bertz CT molecular complexity index is 831. The average molecular weight is 421 g/mol. The molecule has 2 aromatic rings. The van der Waals surface area contributed by atoms with E-state index in [-0.39, 0.29) is 5.91 Å². The van der Waals surface area contributed by atoms with Gasteiger partial charge in [0.1, 0.15) is 32.7 Å². The highest BCUT2D eigenvalue weighted by molar-refractivity contribution is 6.36. The summed E-state index contributed by atoms with van der Waals surface area (Å²) in [5, 5.41) is 5.08. The maximum atomic E-state index is 12.1. The van der Waals surface area contributed by atoms with Crippen LogP contribution in [0.4, 0.5) is 0 Å². The molecule has 28 heavy (non-hydrogen) atoms. The van der Waals surface area contributed by atoms with E-state index >= 15 is 0 Å². The monoisotopic (exact) mass is 420 g/mol. The second-order valence-electron chi connectivity index (χ2n) is 7.30. The summed E-state index contributed by atoms with van der Waals surface area (Å²) in [7, 11) is 0. The summed E-state index contributed by atoms with van der Waals surface area (Å²) in [6, 6.07) is 13.9. The molecule has 3 rings (SSSR count). The molecule has 0 spiro atoms. The van der Waals surface area contributed by atoms with Crippen LogP contribution in [-0.2, 0) is 11.3 Å². The zero-order valence-electron chi connectivity index (χ0n) is 16.0. The van der Waals surface area contributed by atoms with Gasteiger partial charge < -0.3 is 9.80 Å². The Morgan fingerprint density at radius 2 is 1.75 bits per heavy atom. The summed E-state index contributed by atoms with van der Waals surface area (Å²) in [6.07, 6.45) is 1.54. The van der Waals surface area contributed by atoms with Gasteiger partial charge in [0.05, 0.1) is 11.2 Å². The van der Waals surface area contributed by atoms with Gasteiger partial charge in [-0.3, -0.25) is 4.79 Å². The number of halogens is 2. The fourth-order valence-corrected chi connectivity index (χ4v) is 3.81. The van der Waals surface area contributed by atoms with Crippen LogP contribution in [0.3, 0.4) is 0 Å². The van der Waals surface area contributed by atoms with Crippen LogP contribution in [-0.4, -0.2) is 44.8 Å². The number of hydrogen-bond donors (Lipinski definition) is 3. The van der Waals surface area contributed by atoms with Crippen LogP contribution in [0.5, 0.6) is 0 Å². The molecule has 3 N–H and O–H groups in total. The van der Waals surface area contributed by atoms with Gasteiger partial charge in [-0.05, 0) is 19.1 Å². The van der Waals surface area contributed by atoms with Crippen LogP contribution in [0, 0.1) is 6.92 Å². The quantitative estimate of drug-likeness (QED) is 0.468. The molecule has 0 radical (unpaired) electrons. The zero-order valence-corrected chi connectivity index (χ0v) is 17.5. The topological polar surface area (TPSA) is 50.3 Å². The molecule has 2 aromatic carbocycles. The summed E-state index contributed by atoms with van der Waals surface area (Å²) in [5.74, 6) is -0.0849. The fraction of sp³-hybridized carbons (Fsp3) is 0.333. The molecule has 0 bridgehead atoms. The summed E-state index contributed by atoms with van der Waals surface area (Å²) in [5.41, 5.74) is 5.97. The first kappa shape index (κ1) is 20.8. The molecule has 0 unspecified atom stereocenters. The normalized spacial score (nSPS) is 19.7. The third-order valence-corrected chi connectivity index (χ3v) is 5.57. The molecule has 0 aliphatic carbocycles. The second kappa shape index (κ2) is 10.0. The van der Waals surface area contributed by atoms with Crippen LogP contribution in [0.15, 0.2) is 47.6 Å². The third kappa shape index (κ3) is 6.31. The van der Waals surface area contributed by atoms with Crippen molar-refractivity contribution in [3.8, 4) is 0 Å². The van der Waals surface area contributed by atoms with Gasteiger partial charge in [0, 0.05) is 16.1 Å². The van der Waals surface area contributed by atoms with Gasteiger partial charge in [0.25, 0.3) is 5.91 Å². The van der Waals surface area contributed by atoms with Crippen LogP contribution >= 0.6 is 23.2 Å². The van der Waals surface area contributed by atoms with Gasteiger partial charge in [-0.1, -0.05) is 59.1 Å². The molecule has 5 nitrogen and oxygen atoms in total. The van der Waals surface area contributed by atoms with Crippen molar-refractivity contribution < 1.29 is 14.6 Å². The Morgan fingerprint density at radius 1 is 1.07 bits per heavy atom. The molecule has 7 heteroatoms. The third-order valence-electron chi connectivity index (χ3n) is 5.00. The van der Waals surface area contributed by atoms with E-state index in [1.807, 2.05) is 0 Å². The number of benzene rings is 2. The molecule has 148 valence electrons. The summed E-state index contributed by atoms with van der Waals surface area (Å²) < 4.78 is 0. The van der Waals surface area contributed by atoms with Gasteiger partial charge in [0.2, 0.25) is 0 Å². The molecule has 0 saturated carbocycles. The van der Waals surface area contributed by atoms with Gasteiger partial charge in [-0.15, -0.1) is 0 Å². The first-order valence-corrected chi connectivity index (χ1v) is 10.2. The zero-order chi connectivity index (χ0) is 19.9. The summed E-state index contributed by atoms with van der Waals surface area (Å²) in [6.45, 7) is 7.70. The van der Waals surface area contributed by atoms with Crippen LogP contribution < -0.4 is 15.2 Å². The number of piperazine rings is 1. The van der Waals surface area contributed by atoms with E-state index in [4.69, 9.17) is 23.2 Å². The maximum Gasteiger partial charge on any atom is 0.295 e. The Hall–Kier alpha value is -1.92. The largest absolute Gasteiger partial charge is 0.322 e. The molecule has 1 saturated heterocycles. The van der Waals surface area contributed by atoms with Crippen molar-refractivity contribution in [2.75, 3.05) is 32.7 Å². The highest BCUT2D eigenvalue weighted by atomic mass is 35.5. The first-order chi connectivity index (χ1) is 13.5. The van der Waals surface area contributed by atoms with Crippen molar-refractivity contribution in [2.45, 2.75) is 13.5 Å². The van der Waals surface area contributed by atoms with Gasteiger partial charge >= 0.3 is 0 Å². The van der Waals surface area contributed by atoms with Crippen molar-refractivity contribution in [3.05, 3.63) is 69.2 Å². The van der Waals surface area contributed by atoms with Crippen molar-refractivity contribution in [3.63, 3.8) is 0 Å². The molecule has 1 fully saturated rings. The molecular weight excluding hydrogens is 395 g/mol. The number of rotatable bonds is 6. The molecule has 1 amide bonds. The minimum Gasteiger partial charge on any atom is -0.322 e. The highest BCUT2D eigenvalue weighted by Crippen LogP contribution is 2.19. The number of carbonyl (C=O) groups is 1. The lowest BCUT2D eigenvalue weighted by molar-refractivity contribution is -1.02. The first-order valence-electron chi connectivity index (χ1n) is 9.49. The lowest BCUT2D eigenvalue weighted by Crippen LogP contribution is -3.28. The van der Waals surface area contributed by atoms with Gasteiger partial charge in [-0.2, -0.15) is 5.10 Å². The SMILES string of the molecule is Cc1ccc(C[NH+]2CC[NH+](CC(=O)N/N=C\c3ccc(Cl)cc3Cl)CC2)cc1. The van der Waals surface area contributed by atoms with Crippen LogP contribution in [0.2, 0.25) is 10.0 Å². The average Bonchev–Trinajstić information content (AvgIpc) is 2.67. The standard InChI is InChI=1S/C21H24Cl2N4O/c1-16-2-4-17(5-3-16)14-26-8-10-27(11-9-26)15-21(28)25-24-13-18-6-7-19(22)12-20(18)23/h2-7,12-13H,8-11,14-15H2,1H3,(H,25,28)/p+2/b24-13-. The van der Waals surface area contributed by atoms with E-state index in [2.05, 4.69) is 41.7 Å². The fourth-order valence-electron chi connectivity index (χ4n) is 3.35. The number of hydrazone groups is 1. The smallest absolute Gasteiger partial charge is 0.295 e. The number of nitrogens with one attached hydrogen (secondary N) is 3. The number of quaternary nitrogens is 2. The second-order valence-corrected chi connectivity index (χ2v) is 8.14. The van der Waals surface area contributed by atoms with E-state index in [9.17, 15) is 4.79 Å². The van der Waals surface area contributed by atoms with Crippen molar-refractivity contribution in [1.82, 2.24) is 5.43 Å². The minimum absolute atomic E-state index is 0.0849. The Balaban J connectivity index is 1.39. The molecule has 1 aliphatic rings. The Labute approximate surface area is 175 Å². The van der Waals surface area contributed by atoms with E-state index in [0.29, 0.717) is 22.2 Å². The number of aryl methyl sites for hydroxylation is 1. The Kier molecular flexibility index (Phi) is 7.45. The minimum atomic E-state index is -0.0849. The molecule has 1 heterocycles. The highest BCUT2D eigenvalue weighted by Gasteiger charge is 2.24. The van der Waals surface area contributed by atoms with E-state index in [1.165, 1.54) is 22.2 Å². The lowest BCUT2D eigenvalue weighted by atomic mass is 10.1. The summed E-state index contributed by atoms with van der Waals surface area (Å²) in [4.78, 5) is 15.0. The van der Waals surface area contributed by atoms with Gasteiger partial charge in [0.15, 0.2) is 6.54 Å². The number of amides is 1. The van der Waals surface area contributed by atoms with Gasteiger partial charge in [-0.25, -0.2) is 5.43 Å². The van der Waals surface area contributed by atoms with Crippen molar-refractivity contribution in [2.24, 2.45) is 5.10 Å². The lowest BCUT2D eigenvalue weighted by Gasteiger charge is -2.29. The number of hydrogen-bond acceptors (Lipinski definition) is 2. The van der Waals surface area contributed by atoms with Crippen LogP contribution in [0.1, 0.15) is 16.7 Å². The molecule has 1 aliphatic heterocycles. The van der Waals surface area contributed by atoms with E-state index in [1.54, 1.807) is 23.1 Å². The Morgan fingerprint density at radius 3 is 2.43 bits per heavy atom. The number of nitrogens with zero attached hydrogens (tertiary/aromatic N) is 1. The van der Waals surface area contributed by atoms with Crippen molar-refractivity contribution in [1.29, 1.82) is 0 Å². The number of carbonyl (C=O) groups excluding carboxylic acids is 1. The van der Waals surface area contributed by atoms with Crippen LogP contribution in [0.25, 0.3) is 0 Å².